The van der Waals surface area contributed by atoms with Crippen molar-refractivity contribution >= 4 is 60.5 Å². The SMILES string of the molecule is CCN(CC)C[C@H]1COCCN1CC[C@H](CSc1ccccc1)Nc1ccc(S(=O)(=O)NC(=O)c2ccc(N3CCC([C@@H](OCO)c4ccccc4-c4ccc(Cl)cc4)CC3)cc2)cc1S(=O)(=O)C(F)(F)F. The van der Waals surface area contributed by atoms with Gasteiger partial charge in [0.05, 0.1) is 29.9 Å². The van der Waals surface area contributed by atoms with Gasteiger partial charge in [0.25, 0.3) is 25.8 Å². The number of benzene rings is 5. The summed E-state index contributed by atoms with van der Waals surface area (Å²) in [5, 5.41) is 13.6. The summed E-state index contributed by atoms with van der Waals surface area (Å²) in [6.45, 7) is 9.63. The van der Waals surface area contributed by atoms with E-state index in [0.29, 0.717) is 75.5 Å². The first-order valence-electron chi connectivity index (χ1n) is 23.9. The lowest BCUT2D eigenvalue weighted by molar-refractivity contribution is -0.0789. The molecule has 0 aromatic heterocycles. The van der Waals surface area contributed by atoms with Gasteiger partial charge in [-0.25, -0.2) is 21.6 Å². The number of nitrogens with one attached hydrogen (secondary N) is 2. The average Bonchev–Trinajstić information content (AvgIpc) is 3.38. The lowest BCUT2D eigenvalue weighted by Gasteiger charge is -2.39. The van der Waals surface area contributed by atoms with Crippen molar-refractivity contribution in [3.05, 3.63) is 137 Å². The van der Waals surface area contributed by atoms with Crippen LogP contribution in [0, 0.1) is 5.92 Å². The molecule has 2 fully saturated rings. The van der Waals surface area contributed by atoms with E-state index in [4.69, 9.17) is 21.1 Å². The van der Waals surface area contributed by atoms with Crippen molar-refractivity contribution in [3.63, 3.8) is 0 Å². The number of nitrogens with zero attached hydrogens (tertiary/aromatic N) is 3. The second-order valence-electron chi connectivity index (χ2n) is 17.7. The molecule has 388 valence electrons. The molecule has 2 saturated heterocycles. The molecule has 5 aromatic rings. The predicted molar refractivity (Wildman–Crippen MR) is 277 cm³/mol. The topological polar surface area (TPSA) is 158 Å². The highest BCUT2D eigenvalue weighted by molar-refractivity contribution is 7.99. The van der Waals surface area contributed by atoms with Crippen molar-refractivity contribution in [1.82, 2.24) is 14.5 Å². The summed E-state index contributed by atoms with van der Waals surface area (Å²) in [7, 11) is -11.0. The first-order valence-corrected chi connectivity index (χ1v) is 28.3. The van der Waals surface area contributed by atoms with Gasteiger partial charge < -0.3 is 29.7 Å². The number of sulfone groups is 1. The maximum absolute atomic E-state index is 14.4. The minimum atomic E-state index is -6.11. The van der Waals surface area contributed by atoms with Gasteiger partial charge >= 0.3 is 5.51 Å². The lowest BCUT2D eigenvalue weighted by Crippen LogP contribution is -2.52. The van der Waals surface area contributed by atoms with Crippen LogP contribution < -0.4 is 14.9 Å². The molecule has 1 amide bonds. The largest absolute Gasteiger partial charge is 0.501 e. The van der Waals surface area contributed by atoms with E-state index in [0.717, 1.165) is 59.0 Å². The zero-order valence-corrected chi connectivity index (χ0v) is 43.3. The number of hydrogen-bond donors (Lipinski definition) is 3. The molecule has 0 saturated carbocycles. The number of rotatable bonds is 22. The first-order chi connectivity index (χ1) is 34.5. The molecule has 3 atom stereocenters. The molecule has 0 radical (unpaired) electrons. The van der Waals surface area contributed by atoms with E-state index < -0.39 is 65.7 Å². The van der Waals surface area contributed by atoms with Gasteiger partial charge in [0.2, 0.25) is 0 Å². The molecule has 7 rings (SSSR count). The number of morpholine rings is 1. The van der Waals surface area contributed by atoms with Crippen molar-refractivity contribution in [3.8, 4) is 11.1 Å². The van der Waals surface area contributed by atoms with Gasteiger partial charge in [-0.15, -0.1) is 11.8 Å². The lowest BCUT2D eigenvalue weighted by atomic mass is 9.84. The van der Waals surface area contributed by atoms with Crippen molar-refractivity contribution in [1.29, 1.82) is 0 Å². The summed E-state index contributed by atoms with van der Waals surface area (Å²) >= 11 is 7.60. The van der Waals surface area contributed by atoms with Crippen LogP contribution in [0.4, 0.5) is 24.5 Å². The molecule has 0 spiro atoms. The van der Waals surface area contributed by atoms with Crippen LogP contribution in [0.1, 0.15) is 55.1 Å². The maximum atomic E-state index is 14.4. The number of anilines is 2. The molecule has 3 N–H and O–H groups in total. The van der Waals surface area contributed by atoms with Crippen LogP contribution in [-0.2, 0) is 29.3 Å². The molecule has 72 heavy (non-hydrogen) atoms. The maximum Gasteiger partial charge on any atom is 0.501 e. The second-order valence-corrected chi connectivity index (χ2v) is 22.9. The highest BCUT2D eigenvalue weighted by Gasteiger charge is 2.48. The molecule has 20 heteroatoms. The molecule has 0 bridgehead atoms. The molecule has 5 aromatic carbocycles. The Morgan fingerprint density at radius 1 is 0.903 bits per heavy atom. The molecular formula is C52H61ClF3N5O8S3. The number of likely N-dealkylation sites (N-methyl/N-ethyl adjacent to an activating group) is 1. The summed E-state index contributed by atoms with van der Waals surface area (Å²) in [4.78, 5) is 18.9. The zero-order chi connectivity index (χ0) is 51.5. The third-order valence-corrected chi connectivity index (χ3v) is 17.5. The highest BCUT2D eigenvalue weighted by atomic mass is 35.5. The minimum absolute atomic E-state index is 0.0489. The fourth-order valence-electron chi connectivity index (χ4n) is 9.24. The van der Waals surface area contributed by atoms with E-state index in [1.54, 1.807) is 12.1 Å². The van der Waals surface area contributed by atoms with Crippen LogP contribution in [0.25, 0.3) is 11.1 Å². The van der Waals surface area contributed by atoms with Crippen molar-refractivity contribution in [2.75, 3.05) is 81.8 Å². The van der Waals surface area contributed by atoms with Gasteiger partial charge in [-0.1, -0.05) is 80.0 Å². The predicted octanol–water partition coefficient (Wildman–Crippen LogP) is 9.35. The Kier molecular flexibility index (Phi) is 19.1. The summed E-state index contributed by atoms with van der Waals surface area (Å²) in [6.07, 6.45) is 1.44. The zero-order valence-electron chi connectivity index (χ0n) is 40.1. The Morgan fingerprint density at radius 3 is 2.25 bits per heavy atom. The number of hydrogen-bond acceptors (Lipinski definition) is 13. The van der Waals surface area contributed by atoms with Crippen molar-refractivity contribution in [2.24, 2.45) is 5.92 Å². The van der Waals surface area contributed by atoms with Crippen LogP contribution in [0.5, 0.6) is 0 Å². The fraction of sp³-hybridized carbons (Fsp3) is 0.404. The van der Waals surface area contributed by atoms with Crippen LogP contribution in [0.2, 0.25) is 5.02 Å². The number of carbonyl (C=O) groups excluding carboxylic acids is 1. The number of ether oxygens (including phenoxy) is 2. The smallest absolute Gasteiger partial charge is 0.380 e. The number of thioether (sulfide) groups is 1. The van der Waals surface area contributed by atoms with Crippen molar-refractivity contribution in [2.45, 2.75) is 71.5 Å². The van der Waals surface area contributed by atoms with Gasteiger partial charge in [-0.05, 0) is 122 Å². The molecule has 2 aliphatic rings. The van der Waals surface area contributed by atoms with E-state index in [9.17, 15) is 39.9 Å². The van der Waals surface area contributed by atoms with Gasteiger partial charge in [0, 0.05) is 71.7 Å². The highest BCUT2D eigenvalue weighted by Crippen LogP contribution is 2.40. The Bertz CT molecular complexity index is 2790. The number of aliphatic hydroxyl groups is 1. The van der Waals surface area contributed by atoms with Crippen LogP contribution in [0.15, 0.2) is 136 Å². The summed E-state index contributed by atoms with van der Waals surface area (Å²) in [5.41, 5.74) is -2.59. The van der Waals surface area contributed by atoms with Crippen LogP contribution >= 0.6 is 23.4 Å². The summed E-state index contributed by atoms with van der Waals surface area (Å²) in [5.74, 6) is -0.662. The van der Waals surface area contributed by atoms with E-state index in [2.05, 4.69) is 33.9 Å². The standard InChI is InChI=1S/C52H61ClF3N5O8S3/c1-3-59(4-2)33-43-34-68-31-30-61(43)29-26-41(35-70-44-10-6-5-7-11-44)57-48-23-22-45(32-49(48)71(64,65)52(54,55)56)72(66,67)58-51(63)39-16-20-42(21-17-39)60-27-24-38(25-28-60)50(69-36-62)47-13-9-8-12-46(47)37-14-18-40(53)19-15-37/h5-23,32,38,41,43,50,57,62H,3-4,24-31,33-36H2,1-2H3,(H,58,63)/t41-,43+,50-/m1/s1. The number of carbonyl (C=O) groups is 1. The normalized spacial score (nSPS) is 17.2. The summed E-state index contributed by atoms with van der Waals surface area (Å²) in [6, 6.07) is 33.0. The third kappa shape index (κ3) is 13.9. The number of amides is 1. The Labute approximate surface area is 430 Å². The third-order valence-electron chi connectivity index (χ3n) is 13.3. The van der Waals surface area contributed by atoms with Crippen molar-refractivity contribution < 1.29 is 49.4 Å². The molecule has 0 unspecified atom stereocenters. The average molecular weight is 1070 g/mol. The fourth-order valence-corrected chi connectivity index (χ4v) is 12.4. The first kappa shape index (κ1) is 55.1. The van der Waals surface area contributed by atoms with Gasteiger partial charge in [0.1, 0.15) is 11.7 Å². The van der Waals surface area contributed by atoms with E-state index in [1.165, 1.54) is 23.9 Å². The van der Waals surface area contributed by atoms with E-state index in [-0.39, 0.29) is 17.5 Å². The minimum Gasteiger partial charge on any atom is -0.380 e. The number of sulfonamides is 1. The number of aliphatic hydroxyl groups excluding tert-OH is 1. The van der Waals surface area contributed by atoms with Crippen LogP contribution in [0.3, 0.4) is 0 Å². The Balaban J connectivity index is 1.05. The van der Waals surface area contributed by atoms with Crippen LogP contribution in [-0.4, -0.2) is 127 Å². The molecule has 2 heterocycles. The number of piperidine rings is 1. The van der Waals surface area contributed by atoms with E-state index >= 15 is 0 Å². The quantitative estimate of drug-likeness (QED) is 0.0446. The molecule has 2 aliphatic heterocycles. The molecule has 0 aliphatic carbocycles. The van der Waals surface area contributed by atoms with Gasteiger partial charge in [0.15, 0.2) is 0 Å². The monoisotopic (exact) mass is 1070 g/mol. The second kappa shape index (κ2) is 25.0. The molecular weight excluding hydrogens is 1010 g/mol. The summed E-state index contributed by atoms with van der Waals surface area (Å²) < 4.78 is 111. The van der Waals surface area contributed by atoms with E-state index in [1.807, 2.05) is 83.6 Å². The van der Waals surface area contributed by atoms with Gasteiger partial charge in [-0.2, -0.15) is 13.2 Å². The van der Waals surface area contributed by atoms with Gasteiger partial charge in [-0.3, -0.25) is 9.69 Å². The Morgan fingerprint density at radius 2 is 1.58 bits per heavy atom. The molecule has 13 nitrogen and oxygen atoms in total. The number of halogens is 4. The Hall–Kier alpha value is -4.70. The number of alkyl halides is 3.